The molecule has 1 atom stereocenters. The molecule has 1 aromatic rings. The summed E-state index contributed by atoms with van der Waals surface area (Å²) < 4.78 is 65.8. The van der Waals surface area contributed by atoms with Gasteiger partial charge in [0.05, 0.1) is 11.1 Å². The molecule has 1 aliphatic heterocycles. The lowest BCUT2D eigenvalue weighted by Gasteiger charge is -2.37. The van der Waals surface area contributed by atoms with Gasteiger partial charge in [-0.1, -0.05) is 94.7 Å². The summed E-state index contributed by atoms with van der Waals surface area (Å²) in [4.78, 5) is 0. The molecule has 36 heavy (non-hydrogen) atoms. The van der Waals surface area contributed by atoms with E-state index in [2.05, 4.69) is 18.8 Å². The van der Waals surface area contributed by atoms with E-state index in [-0.39, 0.29) is 0 Å². The summed E-state index contributed by atoms with van der Waals surface area (Å²) >= 11 is 0. The first-order valence-electron chi connectivity index (χ1n) is 13.9. The molecular weight excluding hydrogens is 487 g/mol. The maximum Gasteiger partial charge on any atom is 0.419 e. The van der Waals surface area contributed by atoms with Crippen molar-refractivity contribution in [2.45, 2.75) is 114 Å². The fraction of sp³-hybridized carbons (Fsp3) is 0.724. The second-order valence-electron chi connectivity index (χ2n) is 11.1. The minimum atomic E-state index is -4.97. The van der Waals surface area contributed by atoms with E-state index in [4.69, 9.17) is 0 Å². The lowest BCUT2D eigenvalue weighted by molar-refractivity contribution is -0.140. The zero-order valence-corrected chi connectivity index (χ0v) is 22.6. The molecule has 1 nitrogen and oxygen atoms in total. The fourth-order valence-corrected chi connectivity index (χ4v) is 9.81. The van der Waals surface area contributed by atoms with Gasteiger partial charge in [0.25, 0.3) is 0 Å². The molecule has 0 bridgehead atoms. The van der Waals surface area contributed by atoms with E-state index in [1.807, 2.05) is 0 Å². The summed E-state index contributed by atoms with van der Waals surface area (Å²) in [6.07, 6.45) is 8.68. The van der Waals surface area contributed by atoms with Crippen LogP contribution in [0.25, 0.3) is 0 Å². The predicted octanol–water partition coefficient (Wildman–Crippen LogP) is 8.50. The molecule has 1 saturated carbocycles. The zero-order chi connectivity index (χ0) is 26.1. The average Bonchev–Trinajstić information content (AvgIpc) is 2.85. The number of aliphatic hydroxyl groups is 1. The molecule has 0 spiro atoms. The third-order valence-electron chi connectivity index (χ3n) is 8.48. The van der Waals surface area contributed by atoms with Gasteiger partial charge in [-0.05, 0) is 49.1 Å². The normalized spacial score (nSPS) is 25.8. The monoisotopic (exact) mass is 528 g/mol. The van der Waals surface area contributed by atoms with Crippen LogP contribution in [0.4, 0.5) is 22.0 Å². The molecule has 1 heterocycles. The minimum Gasteiger partial charge on any atom is -0.380 e. The molecule has 202 valence electrons. The average molecular weight is 529 g/mol. The van der Waals surface area contributed by atoms with Crippen molar-refractivity contribution in [1.82, 2.24) is 0 Å². The highest BCUT2D eigenvalue weighted by molar-refractivity contribution is 6.58. The second-order valence-corrected chi connectivity index (χ2v) is 14.5. The Hall–Kier alpha value is -1.39. The Morgan fingerprint density at radius 1 is 0.917 bits per heavy atom. The smallest absolute Gasteiger partial charge is 0.380 e. The van der Waals surface area contributed by atoms with Crippen molar-refractivity contribution in [3.63, 3.8) is 0 Å². The maximum absolute atomic E-state index is 14.0. The molecule has 3 rings (SSSR count). The number of aliphatic hydroxyl groups excluding tert-OH is 1. The highest BCUT2D eigenvalue weighted by atomic mass is 28.3. The Bertz CT molecular complexity index is 874. The number of hydrogen-bond donors (Lipinski definition) is 1. The maximum atomic E-state index is 14.0. The number of rotatable bonds is 9. The van der Waals surface area contributed by atoms with Crippen LogP contribution in [0.15, 0.2) is 12.1 Å². The van der Waals surface area contributed by atoms with Crippen LogP contribution in [0.3, 0.4) is 0 Å². The van der Waals surface area contributed by atoms with Crippen molar-refractivity contribution in [2.75, 3.05) is 0 Å². The summed E-state index contributed by atoms with van der Waals surface area (Å²) in [6.45, 7) is 2.26. The van der Waals surface area contributed by atoms with Crippen LogP contribution >= 0.6 is 0 Å². The number of benzene rings is 1. The van der Waals surface area contributed by atoms with Crippen LogP contribution in [0, 0.1) is 41.2 Å². The molecule has 0 radical (unpaired) electrons. The predicted molar refractivity (Wildman–Crippen MR) is 137 cm³/mol. The van der Waals surface area contributed by atoms with E-state index in [9.17, 15) is 27.1 Å². The summed E-state index contributed by atoms with van der Waals surface area (Å²) in [5, 5.41) is 10.3. The number of unbranched alkanes of at least 4 members (excludes halogenated alkanes) is 4. The molecule has 7 heteroatoms. The topological polar surface area (TPSA) is 20.2 Å². The van der Waals surface area contributed by atoms with Gasteiger partial charge in [0.1, 0.15) is 6.10 Å². The first-order valence-corrected chi connectivity index (χ1v) is 16.4. The Labute approximate surface area is 214 Å². The van der Waals surface area contributed by atoms with Gasteiger partial charge in [0.2, 0.25) is 0 Å². The van der Waals surface area contributed by atoms with Crippen LogP contribution in [0.2, 0.25) is 18.1 Å². The summed E-state index contributed by atoms with van der Waals surface area (Å²) in [7, 11) is -0.509. The molecule has 0 aromatic heterocycles. The van der Waals surface area contributed by atoms with E-state index in [1.165, 1.54) is 75.9 Å². The van der Waals surface area contributed by atoms with E-state index < -0.39 is 43.8 Å². The third-order valence-corrected chi connectivity index (χ3v) is 12.0. The molecule has 1 saturated heterocycles. The minimum absolute atomic E-state index is 0.341. The van der Waals surface area contributed by atoms with Crippen molar-refractivity contribution < 1.29 is 27.1 Å². The largest absolute Gasteiger partial charge is 0.419 e. The van der Waals surface area contributed by atoms with Crippen LogP contribution < -0.4 is 0 Å². The lowest BCUT2D eigenvalue weighted by Crippen LogP contribution is -2.29. The van der Waals surface area contributed by atoms with E-state index in [0.717, 1.165) is 30.7 Å². The number of hydrogen-bond acceptors (Lipinski definition) is 1. The van der Waals surface area contributed by atoms with Gasteiger partial charge in [-0.2, -0.15) is 13.2 Å². The molecule has 2 fully saturated rings. The van der Waals surface area contributed by atoms with Crippen LogP contribution in [0.1, 0.15) is 95.1 Å². The molecular formula is C29H41F5OSi. The van der Waals surface area contributed by atoms with Gasteiger partial charge < -0.3 is 5.11 Å². The van der Waals surface area contributed by atoms with Gasteiger partial charge in [-0.15, -0.1) is 0 Å². The van der Waals surface area contributed by atoms with Crippen molar-refractivity contribution in [3.8, 4) is 11.8 Å². The molecule has 1 unspecified atom stereocenters. The summed E-state index contributed by atoms with van der Waals surface area (Å²) in [6, 6.07) is 5.85. The van der Waals surface area contributed by atoms with Crippen molar-refractivity contribution >= 4 is 8.80 Å². The Morgan fingerprint density at radius 3 is 2.19 bits per heavy atom. The number of halogens is 5. The molecule has 2 aliphatic rings. The Balaban J connectivity index is 1.39. The van der Waals surface area contributed by atoms with Gasteiger partial charge in [0, 0.05) is 8.80 Å². The van der Waals surface area contributed by atoms with Crippen molar-refractivity contribution in [2.24, 2.45) is 17.8 Å². The van der Waals surface area contributed by atoms with Gasteiger partial charge in [-0.3, -0.25) is 0 Å². The molecule has 1 N–H and O–H groups in total. The lowest BCUT2D eigenvalue weighted by atomic mass is 9.73. The summed E-state index contributed by atoms with van der Waals surface area (Å²) in [5.74, 6) is 3.24. The third kappa shape index (κ3) is 8.58. The van der Waals surface area contributed by atoms with Gasteiger partial charge in [0.15, 0.2) is 11.6 Å². The van der Waals surface area contributed by atoms with Crippen LogP contribution in [-0.4, -0.2) is 20.0 Å². The van der Waals surface area contributed by atoms with E-state index in [1.54, 1.807) is 0 Å². The van der Waals surface area contributed by atoms with Gasteiger partial charge in [-0.25, -0.2) is 8.78 Å². The quantitative estimate of drug-likeness (QED) is 0.147. The van der Waals surface area contributed by atoms with Crippen LogP contribution in [-0.2, 0) is 6.18 Å². The Morgan fingerprint density at radius 2 is 1.56 bits per heavy atom. The zero-order valence-electron chi connectivity index (χ0n) is 21.5. The number of alkyl halides is 3. The fourth-order valence-electron chi connectivity index (χ4n) is 6.28. The molecule has 1 aliphatic carbocycles. The standard InChI is InChI=1S/C29H41F5OSi/c1-2-3-4-5-6-17-36-18-15-23(16-19-36)22-9-7-21(8-10-22)20-25(35)13-11-24-12-14-26(29(32,33)34)28(31)27(24)30/h12,14,21-23,25,35-36H,2-10,15-20H2,1H3. The first kappa shape index (κ1) is 29.2. The first-order chi connectivity index (χ1) is 17.2. The molecule has 0 amide bonds. The summed E-state index contributed by atoms with van der Waals surface area (Å²) in [5.41, 5.74) is -2.12. The van der Waals surface area contributed by atoms with E-state index in [0.29, 0.717) is 18.4 Å². The highest BCUT2D eigenvalue weighted by Gasteiger charge is 2.36. The van der Waals surface area contributed by atoms with Gasteiger partial charge >= 0.3 is 6.18 Å². The second kappa shape index (κ2) is 14.0. The van der Waals surface area contributed by atoms with Crippen molar-refractivity contribution in [1.29, 1.82) is 0 Å². The van der Waals surface area contributed by atoms with E-state index >= 15 is 0 Å². The SMILES string of the molecule is CCCCCCC[SiH]1CCC(C2CCC(CC(O)C#Cc3ccc(C(F)(F)F)c(F)c3F)CC2)CC1. The molecule has 1 aromatic carbocycles. The Kier molecular flexibility index (Phi) is 11.3. The van der Waals surface area contributed by atoms with Crippen molar-refractivity contribution in [3.05, 3.63) is 34.9 Å². The van der Waals surface area contributed by atoms with Crippen LogP contribution in [0.5, 0.6) is 0 Å². The highest BCUT2D eigenvalue weighted by Crippen LogP contribution is 2.42.